The van der Waals surface area contributed by atoms with Gasteiger partial charge >= 0.3 is 0 Å². The average molecular weight is 1290 g/mol. The van der Waals surface area contributed by atoms with E-state index in [4.69, 9.17) is 55.1 Å². The minimum atomic E-state index is -0.434. The average Bonchev–Trinajstić information content (AvgIpc) is 0.750. The van der Waals surface area contributed by atoms with Crippen molar-refractivity contribution >= 4 is 0 Å². The first-order valence-corrected chi connectivity index (χ1v) is 37.8. The van der Waals surface area contributed by atoms with Crippen molar-refractivity contribution in [3.63, 3.8) is 0 Å². The molecule has 0 saturated heterocycles. The van der Waals surface area contributed by atoms with E-state index in [1.54, 1.807) is 0 Å². The summed E-state index contributed by atoms with van der Waals surface area (Å²) in [6, 6.07) is 28.8. The van der Waals surface area contributed by atoms with Gasteiger partial charge in [-0.05, 0) is 274 Å². The highest BCUT2D eigenvalue weighted by molar-refractivity contribution is 5.65. The van der Waals surface area contributed by atoms with Gasteiger partial charge in [0.25, 0.3) is 0 Å². The molecule has 0 N–H and O–H groups in total. The van der Waals surface area contributed by atoms with Gasteiger partial charge < -0.3 is 0 Å². The molecular formula is C82H95N15. The zero-order chi connectivity index (χ0) is 65.1. The lowest BCUT2D eigenvalue weighted by atomic mass is 9.42. The predicted molar refractivity (Wildman–Crippen MR) is 375 cm³/mol. The molecule has 14 aliphatic carbocycles. The van der Waals surface area contributed by atoms with Gasteiger partial charge in [-0.3, -0.25) is 0 Å². The Morgan fingerprint density at radius 1 is 0.402 bits per heavy atom. The van der Waals surface area contributed by atoms with Gasteiger partial charge in [-0.2, -0.15) is 15.3 Å². The van der Waals surface area contributed by atoms with E-state index in [1.807, 2.05) is 46.3 Å². The Hall–Kier alpha value is -7.68. The number of nitrogens with zero attached hydrogens (tertiary/aromatic N) is 15. The van der Waals surface area contributed by atoms with Crippen LogP contribution in [0.15, 0.2) is 116 Å². The van der Waals surface area contributed by atoms with Gasteiger partial charge in [0.1, 0.15) is 34.9 Å². The maximum atomic E-state index is 5.94. The highest BCUT2D eigenvalue weighted by Gasteiger charge is 2.62. The second-order valence-electron chi connectivity index (χ2n) is 34.8. The number of fused-ring (bicyclic) bond motifs is 6. The summed E-state index contributed by atoms with van der Waals surface area (Å²) in [5, 5.41) is 14.6. The van der Waals surface area contributed by atoms with Crippen molar-refractivity contribution < 1.29 is 0 Å². The zero-order valence-corrected chi connectivity index (χ0v) is 57.8. The molecule has 14 saturated carbocycles. The molecule has 498 valence electrons. The Morgan fingerprint density at radius 2 is 0.856 bits per heavy atom. The lowest BCUT2D eigenvalue weighted by Crippen LogP contribution is -2.57. The molecule has 15 heteroatoms. The van der Waals surface area contributed by atoms with E-state index >= 15 is 0 Å². The summed E-state index contributed by atoms with van der Waals surface area (Å²) in [5.41, 5.74) is 7.95. The van der Waals surface area contributed by atoms with Crippen LogP contribution in [0.1, 0.15) is 248 Å². The van der Waals surface area contributed by atoms with E-state index in [9.17, 15) is 0 Å². The summed E-state index contributed by atoms with van der Waals surface area (Å²) >= 11 is 0. The Morgan fingerprint density at radius 3 is 1.40 bits per heavy atom. The summed E-state index contributed by atoms with van der Waals surface area (Å²) in [7, 11) is 0. The lowest BCUT2D eigenvalue weighted by Gasteiger charge is -2.62. The molecule has 0 spiro atoms. The van der Waals surface area contributed by atoms with E-state index in [0.717, 1.165) is 161 Å². The molecular weight excluding hydrogens is 1200 g/mol. The van der Waals surface area contributed by atoms with Gasteiger partial charge in [-0.1, -0.05) is 71.0 Å². The molecule has 12 bridgehead atoms. The van der Waals surface area contributed by atoms with Crippen LogP contribution in [0.4, 0.5) is 0 Å². The second kappa shape index (κ2) is 22.4. The maximum absolute atomic E-state index is 5.94. The fourth-order valence-corrected chi connectivity index (χ4v) is 22.6. The smallest absolute Gasteiger partial charge is 0.163 e. The largest absolute Gasteiger partial charge is 0.241 e. The van der Waals surface area contributed by atoms with Gasteiger partial charge in [-0.25, -0.2) is 58.9 Å². The minimum Gasteiger partial charge on any atom is -0.241 e. The molecule has 0 aliphatic heterocycles. The standard InChI is InChI=1S/C82H95N15/c1-6-76(2,3)70-86-68(87-71(92-70)77(4,5)24-23-59-13-14-61(42-65(59)96-35-9-32-84-96)69-88-72(78-25-17-52(18-26-78)19-27-78)93-73(89-69)79-28-20-53(21-29-79)22-30-79)62-15-16-64(66(43-62)97-36-10-33-85-97)81-47-57-40-58(48-81)50-82(49-57,51-81)75-91-67(60-11-7-12-63(41-60)95-34-8-31-83-95)90-74(94-75)80-44-54-37-55(45-80)39-56(38-54)46-80/h7-16,31-36,41-43,52-58H,6,17-30,37-40,44-51H2,1-5H3. The molecule has 14 fully saturated rings. The van der Waals surface area contributed by atoms with Crippen LogP contribution < -0.4 is 0 Å². The summed E-state index contributed by atoms with van der Waals surface area (Å²) in [6.45, 7) is 11.4. The van der Waals surface area contributed by atoms with Crippen LogP contribution in [-0.2, 0) is 44.3 Å². The molecule has 15 nitrogen and oxygen atoms in total. The quantitative estimate of drug-likeness (QED) is 0.0847. The number of aryl methyl sites for hydroxylation is 1. The van der Waals surface area contributed by atoms with Crippen molar-refractivity contribution in [2.75, 3.05) is 0 Å². The van der Waals surface area contributed by atoms with E-state index in [0.29, 0.717) is 17.7 Å². The lowest BCUT2D eigenvalue weighted by molar-refractivity contribution is -0.0333. The first kappa shape index (κ1) is 60.5. The van der Waals surface area contributed by atoms with E-state index in [-0.39, 0.29) is 32.5 Å². The van der Waals surface area contributed by atoms with Gasteiger partial charge in [0, 0.05) is 86.4 Å². The molecule has 9 aromatic rings. The van der Waals surface area contributed by atoms with Crippen LogP contribution in [0.3, 0.4) is 0 Å². The molecule has 2 atom stereocenters. The minimum absolute atomic E-state index is 0.0185. The van der Waals surface area contributed by atoms with Crippen molar-refractivity contribution in [1.82, 2.24) is 74.2 Å². The number of benzene rings is 3. The molecule has 14 aliphatic rings. The molecule has 6 heterocycles. The first-order chi connectivity index (χ1) is 47.1. The molecule has 3 aromatic carbocycles. The molecule has 2 unspecified atom stereocenters. The monoisotopic (exact) mass is 1290 g/mol. The predicted octanol–water partition coefficient (Wildman–Crippen LogP) is 17.1. The number of hydrogen-bond acceptors (Lipinski definition) is 12. The molecule has 0 radical (unpaired) electrons. The number of rotatable bonds is 17. The highest BCUT2D eigenvalue weighted by Crippen LogP contribution is 2.67. The van der Waals surface area contributed by atoms with Crippen LogP contribution in [0, 0.1) is 41.4 Å². The van der Waals surface area contributed by atoms with Crippen LogP contribution in [0.5, 0.6) is 0 Å². The van der Waals surface area contributed by atoms with Crippen LogP contribution in [-0.4, -0.2) is 74.2 Å². The summed E-state index contributed by atoms with van der Waals surface area (Å²) in [5.74, 6) is 13.5. The Kier molecular flexibility index (Phi) is 14.0. The van der Waals surface area contributed by atoms with E-state index < -0.39 is 5.41 Å². The maximum Gasteiger partial charge on any atom is 0.163 e. The number of aromatic nitrogens is 15. The zero-order valence-electron chi connectivity index (χ0n) is 57.8. The Bertz CT molecular complexity index is 4340. The third-order valence-electron chi connectivity index (χ3n) is 27.8. The van der Waals surface area contributed by atoms with Crippen LogP contribution >= 0.6 is 0 Å². The topological polar surface area (TPSA) is 169 Å². The third-order valence-corrected chi connectivity index (χ3v) is 27.8. The van der Waals surface area contributed by atoms with Gasteiger partial charge in [-0.15, -0.1) is 0 Å². The van der Waals surface area contributed by atoms with Gasteiger partial charge in [0.2, 0.25) is 0 Å². The normalized spacial score (nSPS) is 31.4. The Balaban J connectivity index is 0.664. The van der Waals surface area contributed by atoms with E-state index in [2.05, 4.69) is 124 Å². The summed E-state index contributed by atoms with van der Waals surface area (Å²) < 4.78 is 6.10. The van der Waals surface area contributed by atoms with Crippen molar-refractivity contribution in [3.05, 3.63) is 162 Å². The van der Waals surface area contributed by atoms with Crippen molar-refractivity contribution in [2.24, 2.45) is 41.4 Å². The van der Waals surface area contributed by atoms with Crippen molar-refractivity contribution in [2.45, 2.75) is 246 Å². The first-order valence-electron chi connectivity index (χ1n) is 37.8. The highest BCUT2D eigenvalue weighted by atomic mass is 15.3. The van der Waals surface area contributed by atoms with Crippen LogP contribution in [0.25, 0.3) is 51.2 Å². The second-order valence-corrected chi connectivity index (χ2v) is 34.8. The molecule has 6 aromatic heterocycles. The summed E-state index contributed by atoms with van der Waals surface area (Å²) in [6.07, 6.45) is 43.9. The van der Waals surface area contributed by atoms with Gasteiger partial charge in [0.05, 0.1) is 17.1 Å². The van der Waals surface area contributed by atoms with E-state index in [1.165, 1.54) is 133 Å². The number of hydrogen-bond donors (Lipinski definition) is 0. The fourth-order valence-electron chi connectivity index (χ4n) is 22.6. The summed E-state index contributed by atoms with van der Waals surface area (Å²) in [4.78, 5) is 50.6. The Labute approximate surface area is 571 Å². The molecule has 97 heavy (non-hydrogen) atoms. The SMILES string of the molecule is CCC(C)(C)c1nc(-c2ccc(C34CC5CC(CC(c6nc(-c7cccc(-n8cccn8)c7)nc(C78CC9CC(CC(C9)C7)C8)n6)(C5)C3)C4)c(-n3cccn3)c2)nc(C(C)(C)CCc2ccc(-c3nc(C45CCC(CC4)CC5)nc(C45CCC(CC4)CC5)n3)cc2-n2cccn2)n1. The van der Waals surface area contributed by atoms with Crippen molar-refractivity contribution in [1.29, 1.82) is 0 Å². The van der Waals surface area contributed by atoms with Gasteiger partial charge in [0.15, 0.2) is 17.5 Å². The fraction of sp³-hybridized carbons (Fsp3) is 0.561. The third kappa shape index (κ3) is 10.3. The molecule has 0 amide bonds. The van der Waals surface area contributed by atoms with Crippen molar-refractivity contribution in [3.8, 4) is 51.2 Å². The molecule has 23 rings (SSSR count). The van der Waals surface area contributed by atoms with Crippen LogP contribution in [0.2, 0.25) is 0 Å².